The summed E-state index contributed by atoms with van der Waals surface area (Å²) < 4.78 is 11.6. The number of benzene rings is 1. The van der Waals surface area contributed by atoms with Crippen molar-refractivity contribution in [1.82, 2.24) is 14.9 Å². The van der Waals surface area contributed by atoms with E-state index in [2.05, 4.69) is 46.1 Å². The fourth-order valence-electron chi connectivity index (χ4n) is 2.98. The van der Waals surface area contributed by atoms with Gasteiger partial charge in [0.05, 0.1) is 31.3 Å². The SMILES string of the molecule is CCCOc1ccc(CN2CCC(OCc3c[nH]cn3)CC2)cc1. The number of hydrogen-bond donors (Lipinski definition) is 1. The van der Waals surface area contributed by atoms with E-state index in [1.807, 2.05) is 6.20 Å². The molecule has 3 rings (SSSR count). The molecule has 1 fully saturated rings. The topological polar surface area (TPSA) is 50.4 Å². The van der Waals surface area contributed by atoms with Crippen molar-refractivity contribution in [3.05, 3.63) is 48.0 Å². The van der Waals surface area contributed by atoms with Crippen LogP contribution in [0.15, 0.2) is 36.8 Å². The molecular formula is C19H27N3O2. The zero-order valence-electron chi connectivity index (χ0n) is 14.4. The van der Waals surface area contributed by atoms with E-state index in [4.69, 9.17) is 9.47 Å². The summed E-state index contributed by atoms with van der Waals surface area (Å²) >= 11 is 0. The Labute approximate surface area is 144 Å². The minimum atomic E-state index is 0.350. The lowest BCUT2D eigenvalue weighted by atomic mass is 10.1. The highest BCUT2D eigenvalue weighted by molar-refractivity contribution is 5.27. The highest BCUT2D eigenvalue weighted by Crippen LogP contribution is 2.19. The van der Waals surface area contributed by atoms with E-state index >= 15 is 0 Å². The lowest BCUT2D eigenvalue weighted by Crippen LogP contribution is -2.36. The van der Waals surface area contributed by atoms with Crippen LogP contribution in [-0.4, -0.2) is 40.7 Å². The van der Waals surface area contributed by atoms with Crippen molar-refractivity contribution in [3.63, 3.8) is 0 Å². The molecule has 2 aromatic rings. The second kappa shape index (κ2) is 8.85. The zero-order chi connectivity index (χ0) is 16.6. The molecule has 0 aliphatic carbocycles. The Kier molecular flexibility index (Phi) is 6.26. The monoisotopic (exact) mass is 329 g/mol. The summed E-state index contributed by atoms with van der Waals surface area (Å²) in [5.74, 6) is 0.964. The average molecular weight is 329 g/mol. The Balaban J connectivity index is 1.38. The molecular weight excluding hydrogens is 302 g/mol. The molecule has 0 amide bonds. The van der Waals surface area contributed by atoms with Crippen LogP contribution in [0.1, 0.15) is 37.4 Å². The van der Waals surface area contributed by atoms with E-state index in [1.165, 1.54) is 5.56 Å². The molecule has 5 nitrogen and oxygen atoms in total. The predicted octanol–water partition coefficient (Wildman–Crippen LogP) is 3.38. The third kappa shape index (κ3) is 5.08. The van der Waals surface area contributed by atoms with Gasteiger partial charge >= 0.3 is 0 Å². The fourth-order valence-corrected chi connectivity index (χ4v) is 2.98. The van der Waals surface area contributed by atoms with Crippen molar-refractivity contribution >= 4 is 0 Å². The van der Waals surface area contributed by atoms with E-state index in [1.54, 1.807) is 6.33 Å². The van der Waals surface area contributed by atoms with Gasteiger partial charge in [-0.15, -0.1) is 0 Å². The number of rotatable bonds is 8. The van der Waals surface area contributed by atoms with Crippen LogP contribution in [0.4, 0.5) is 0 Å². The van der Waals surface area contributed by atoms with E-state index in [9.17, 15) is 0 Å². The van der Waals surface area contributed by atoms with Crippen LogP contribution in [0.5, 0.6) is 5.75 Å². The van der Waals surface area contributed by atoms with Gasteiger partial charge in [-0.25, -0.2) is 4.98 Å². The molecule has 0 saturated carbocycles. The Bertz CT molecular complexity index is 575. The van der Waals surface area contributed by atoms with Crippen molar-refractivity contribution < 1.29 is 9.47 Å². The van der Waals surface area contributed by atoms with Gasteiger partial charge < -0.3 is 14.5 Å². The van der Waals surface area contributed by atoms with Gasteiger partial charge in [-0.05, 0) is 37.0 Å². The first-order chi connectivity index (χ1) is 11.8. The number of aromatic nitrogens is 2. The maximum Gasteiger partial charge on any atom is 0.119 e. The first-order valence-electron chi connectivity index (χ1n) is 8.87. The molecule has 0 spiro atoms. The normalized spacial score (nSPS) is 16.4. The van der Waals surface area contributed by atoms with Gasteiger partial charge in [0.2, 0.25) is 0 Å². The van der Waals surface area contributed by atoms with Crippen LogP contribution in [0.2, 0.25) is 0 Å². The summed E-state index contributed by atoms with van der Waals surface area (Å²) in [6.45, 7) is 6.67. The molecule has 1 saturated heterocycles. The number of hydrogen-bond acceptors (Lipinski definition) is 4. The number of H-pyrrole nitrogens is 1. The summed E-state index contributed by atoms with van der Waals surface area (Å²) in [6.07, 6.45) is 7.15. The molecule has 2 heterocycles. The maximum absolute atomic E-state index is 5.95. The van der Waals surface area contributed by atoms with Gasteiger partial charge in [0.1, 0.15) is 5.75 Å². The minimum Gasteiger partial charge on any atom is -0.494 e. The molecule has 1 N–H and O–H groups in total. The van der Waals surface area contributed by atoms with Gasteiger partial charge in [-0.2, -0.15) is 0 Å². The van der Waals surface area contributed by atoms with Gasteiger partial charge in [-0.1, -0.05) is 19.1 Å². The third-order valence-corrected chi connectivity index (χ3v) is 4.36. The first kappa shape index (κ1) is 17.0. The summed E-state index contributed by atoms with van der Waals surface area (Å²) in [7, 11) is 0. The Morgan fingerprint density at radius 2 is 2.00 bits per heavy atom. The summed E-state index contributed by atoms with van der Waals surface area (Å²) in [4.78, 5) is 9.65. The number of likely N-dealkylation sites (tertiary alicyclic amines) is 1. The summed E-state index contributed by atoms with van der Waals surface area (Å²) in [6, 6.07) is 8.49. The Morgan fingerprint density at radius 1 is 1.21 bits per heavy atom. The van der Waals surface area contributed by atoms with Crippen LogP contribution in [0.25, 0.3) is 0 Å². The van der Waals surface area contributed by atoms with Gasteiger partial charge in [-0.3, -0.25) is 4.90 Å². The van der Waals surface area contributed by atoms with Crippen molar-refractivity contribution in [1.29, 1.82) is 0 Å². The Morgan fingerprint density at radius 3 is 2.67 bits per heavy atom. The molecule has 0 unspecified atom stereocenters. The molecule has 24 heavy (non-hydrogen) atoms. The summed E-state index contributed by atoms with van der Waals surface area (Å²) in [5, 5.41) is 0. The highest BCUT2D eigenvalue weighted by atomic mass is 16.5. The molecule has 0 radical (unpaired) electrons. The number of aromatic amines is 1. The van der Waals surface area contributed by atoms with Crippen molar-refractivity contribution in [2.45, 2.75) is 45.4 Å². The molecule has 130 valence electrons. The molecule has 0 atom stereocenters. The lowest BCUT2D eigenvalue weighted by Gasteiger charge is -2.31. The molecule has 0 bridgehead atoms. The highest BCUT2D eigenvalue weighted by Gasteiger charge is 2.19. The van der Waals surface area contributed by atoms with Crippen molar-refractivity contribution in [2.24, 2.45) is 0 Å². The number of nitrogens with one attached hydrogen (secondary N) is 1. The third-order valence-electron chi connectivity index (χ3n) is 4.36. The van der Waals surface area contributed by atoms with E-state index in [0.29, 0.717) is 12.7 Å². The van der Waals surface area contributed by atoms with Gasteiger partial charge in [0, 0.05) is 25.8 Å². The van der Waals surface area contributed by atoms with E-state index < -0.39 is 0 Å². The average Bonchev–Trinajstić information content (AvgIpc) is 3.14. The largest absolute Gasteiger partial charge is 0.494 e. The van der Waals surface area contributed by atoms with E-state index in [0.717, 1.165) is 56.9 Å². The van der Waals surface area contributed by atoms with Crippen LogP contribution in [0.3, 0.4) is 0 Å². The first-order valence-corrected chi connectivity index (χ1v) is 8.87. The molecule has 1 aromatic heterocycles. The standard InChI is InChI=1S/C19H27N3O2/c1-2-11-23-18-5-3-16(4-6-18)13-22-9-7-19(8-10-22)24-14-17-12-20-15-21-17/h3-6,12,15,19H,2,7-11,13-14H2,1H3,(H,20,21). The van der Waals surface area contributed by atoms with Gasteiger partial charge in [0.15, 0.2) is 0 Å². The molecule has 1 aliphatic heterocycles. The molecule has 5 heteroatoms. The summed E-state index contributed by atoms with van der Waals surface area (Å²) in [5.41, 5.74) is 2.32. The molecule has 1 aliphatic rings. The van der Waals surface area contributed by atoms with Crippen molar-refractivity contribution in [3.8, 4) is 5.75 Å². The smallest absolute Gasteiger partial charge is 0.119 e. The number of piperidine rings is 1. The second-order valence-corrected chi connectivity index (χ2v) is 6.34. The number of nitrogens with zero attached hydrogens (tertiary/aromatic N) is 2. The fraction of sp³-hybridized carbons (Fsp3) is 0.526. The van der Waals surface area contributed by atoms with Crippen LogP contribution < -0.4 is 4.74 Å². The minimum absolute atomic E-state index is 0.350. The van der Waals surface area contributed by atoms with Crippen molar-refractivity contribution in [2.75, 3.05) is 19.7 Å². The predicted molar refractivity (Wildman–Crippen MR) is 93.9 cm³/mol. The lowest BCUT2D eigenvalue weighted by molar-refractivity contribution is -0.00511. The zero-order valence-corrected chi connectivity index (χ0v) is 14.4. The molecule has 1 aromatic carbocycles. The second-order valence-electron chi connectivity index (χ2n) is 6.34. The number of ether oxygens (including phenoxy) is 2. The quantitative estimate of drug-likeness (QED) is 0.806. The van der Waals surface area contributed by atoms with E-state index in [-0.39, 0.29) is 0 Å². The maximum atomic E-state index is 5.95. The van der Waals surface area contributed by atoms with Crippen LogP contribution in [0, 0.1) is 0 Å². The number of imidazole rings is 1. The van der Waals surface area contributed by atoms with Crippen LogP contribution >= 0.6 is 0 Å². The van der Waals surface area contributed by atoms with Crippen LogP contribution in [-0.2, 0) is 17.9 Å². The van der Waals surface area contributed by atoms with Gasteiger partial charge in [0.25, 0.3) is 0 Å². The Hall–Kier alpha value is -1.85.